The highest BCUT2D eigenvalue weighted by Gasteiger charge is 2.32. The van der Waals surface area contributed by atoms with Gasteiger partial charge in [-0.15, -0.1) is 6.58 Å². The molecular formula is C9H12F2N2. The molecule has 1 rings (SSSR count). The highest BCUT2D eigenvalue weighted by molar-refractivity contribution is 5.14. The van der Waals surface area contributed by atoms with E-state index in [4.69, 9.17) is 0 Å². The van der Waals surface area contributed by atoms with Crippen molar-refractivity contribution in [1.29, 1.82) is 0 Å². The molecule has 0 aromatic carbocycles. The van der Waals surface area contributed by atoms with Crippen LogP contribution in [0.5, 0.6) is 0 Å². The Balaban J connectivity index is 2.99. The maximum atomic E-state index is 13.2. The second kappa shape index (κ2) is 3.28. The number of alkyl halides is 2. The van der Waals surface area contributed by atoms with Gasteiger partial charge in [-0.25, -0.2) is 0 Å². The Morgan fingerprint density at radius 1 is 1.69 bits per heavy atom. The summed E-state index contributed by atoms with van der Waals surface area (Å²) in [5, 5.41) is 3.72. The van der Waals surface area contributed by atoms with Crippen LogP contribution < -0.4 is 0 Å². The Morgan fingerprint density at radius 2 is 2.31 bits per heavy atom. The van der Waals surface area contributed by atoms with E-state index in [-0.39, 0.29) is 12.1 Å². The minimum absolute atomic E-state index is 0.188. The Morgan fingerprint density at radius 3 is 2.69 bits per heavy atom. The van der Waals surface area contributed by atoms with Crippen molar-refractivity contribution in [2.24, 2.45) is 7.05 Å². The van der Waals surface area contributed by atoms with Gasteiger partial charge in [-0.2, -0.15) is 13.9 Å². The molecule has 0 amide bonds. The zero-order chi connectivity index (χ0) is 10.1. The maximum Gasteiger partial charge on any atom is 0.294 e. The second-order valence-corrected chi connectivity index (χ2v) is 2.99. The fourth-order valence-electron chi connectivity index (χ4n) is 1.03. The number of rotatable bonds is 3. The number of hydrogen-bond donors (Lipinski definition) is 0. The van der Waals surface area contributed by atoms with Crippen molar-refractivity contribution in [2.75, 3.05) is 0 Å². The second-order valence-electron chi connectivity index (χ2n) is 2.99. The Hall–Kier alpha value is -1.19. The van der Waals surface area contributed by atoms with Gasteiger partial charge in [0, 0.05) is 19.2 Å². The summed E-state index contributed by atoms with van der Waals surface area (Å²) in [5.41, 5.74) is 0.533. The smallest absolute Gasteiger partial charge is 0.272 e. The van der Waals surface area contributed by atoms with Crippen LogP contribution in [0.3, 0.4) is 0 Å². The molecular weight excluding hydrogens is 174 g/mol. The molecule has 0 saturated carbocycles. The first kappa shape index (κ1) is 9.89. The number of allylic oxidation sites excluding steroid dienone is 1. The topological polar surface area (TPSA) is 17.8 Å². The largest absolute Gasteiger partial charge is 0.294 e. The fraction of sp³-hybridized carbons (Fsp3) is 0.444. The Labute approximate surface area is 75.9 Å². The first-order valence-corrected chi connectivity index (χ1v) is 3.97. The fourth-order valence-corrected chi connectivity index (χ4v) is 1.03. The van der Waals surface area contributed by atoms with Crippen LogP contribution in [0.4, 0.5) is 8.78 Å². The van der Waals surface area contributed by atoms with Gasteiger partial charge < -0.3 is 0 Å². The van der Waals surface area contributed by atoms with Gasteiger partial charge >= 0.3 is 0 Å². The van der Waals surface area contributed by atoms with Crippen molar-refractivity contribution >= 4 is 0 Å². The van der Waals surface area contributed by atoms with Crippen LogP contribution in [0.15, 0.2) is 18.7 Å². The lowest BCUT2D eigenvalue weighted by atomic mass is 10.1. The molecule has 0 atom stereocenters. The lowest BCUT2D eigenvalue weighted by Crippen LogP contribution is -2.13. The summed E-state index contributed by atoms with van der Waals surface area (Å²) in [4.78, 5) is 0. The number of aromatic nitrogens is 2. The molecule has 0 aliphatic rings. The Kier molecular flexibility index (Phi) is 2.50. The van der Waals surface area contributed by atoms with Crippen molar-refractivity contribution in [1.82, 2.24) is 9.78 Å². The molecule has 2 nitrogen and oxygen atoms in total. The van der Waals surface area contributed by atoms with E-state index in [2.05, 4.69) is 11.7 Å². The minimum Gasteiger partial charge on any atom is -0.272 e. The highest BCUT2D eigenvalue weighted by atomic mass is 19.3. The standard InChI is InChI=1S/C9H12F2N2/c1-4-5-9(10,11)8-6-7(2)13(3)12-8/h4,6H,1,5H2,2-3H3. The number of hydrogen-bond acceptors (Lipinski definition) is 1. The molecule has 0 aliphatic heterocycles. The van der Waals surface area contributed by atoms with Crippen LogP contribution in [0, 0.1) is 6.92 Å². The van der Waals surface area contributed by atoms with Gasteiger partial charge in [0.25, 0.3) is 5.92 Å². The third-order valence-electron chi connectivity index (χ3n) is 1.89. The third-order valence-corrected chi connectivity index (χ3v) is 1.89. The molecule has 0 N–H and O–H groups in total. The summed E-state index contributed by atoms with van der Waals surface area (Å²) >= 11 is 0. The highest BCUT2D eigenvalue weighted by Crippen LogP contribution is 2.30. The van der Waals surface area contributed by atoms with E-state index < -0.39 is 5.92 Å². The third kappa shape index (κ3) is 1.94. The van der Waals surface area contributed by atoms with E-state index in [0.717, 1.165) is 5.69 Å². The zero-order valence-electron chi connectivity index (χ0n) is 7.72. The summed E-state index contributed by atoms with van der Waals surface area (Å²) in [6.07, 6.45) is 0.827. The average molecular weight is 186 g/mol. The predicted molar refractivity (Wildman–Crippen MR) is 46.7 cm³/mol. The van der Waals surface area contributed by atoms with Crippen molar-refractivity contribution in [3.63, 3.8) is 0 Å². The minimum atomic E-state index is -2.90. The summed E-state index contributed by atoms with van der Waals surface area (Å²) in [6.45, 7) is 5.02. The van der Waals surface area contributed by atoms with Crippen LogP contribution in [-0.2, 0) is 13.0 Å². The zero-order valence-corrected chi connectivity index (χ0v) is 7.72. The lowest BCUT2D eigenvalue weighted by molar-refractivity contribution is -0.00591. The first-order chi connectivity index (χ1) is 5.97. The number of nitrogens with zero attached hydrogens (tertiary/aromatic N) is 2. The maximum absolute atomic E-state index is 13.2. The van der Waals surface area contributed by atoms with Gasteiger partial charge in [-0.1, -0.05) is 6.08 Å². The van der Waals surface area contributed by atoms with Crippen molar-refractivity contribution in [3.05, 3.63) is 30.1 Å². The van der Waals surface area contributed by atoms with Crippen LogP contribution in [-0.4, -0.2) is 9.78 Å². The van der Waals surface area contributed by atoms with E-state index in [1.807, 2.05) is 0 Å². The molecule has 4 heteroatoms. The van der Waals surface area contributed by atoms with Crippen molar-refractivity contribution in [3.8, 4) is 0 Å². The van der Waals surface area contributed by atoms with Crippen LogP contribution in [0.1, 0.15) is 17.8 Å². The van der Waals surface area contributed by atoms with Gasteiger partial charge in [-0.05, 0) is 13.0 Å². The number of aryl methyl sites for hydroxylation is 2. The molecule has 1 aromatic heterocycles. The summed E-state index contributed by atoms with van der Waals surface area (Å²) in [5.74, 6) is -2.90. The summed E-state index contributed by atoms with van der Waals surface area (Å²) in [6, 6.07) is 1.39. The van der Waals surface area contributed by atoms with E-state index >= 15 is 0 Å². The van der Waals surface area contributed by atoms with E-state index in [0.29, 0.717) is 0 Å². The van der Waals surface area contributed by atoms with Crippen LogP contribution in [0.25, 0.3) is 0 Å². The van der Waals surface area contributed by atoms with E-state index in [1.165, 1.54) is 16.8 Å². The quantitative estimate of drug-likeness (QED) is 0.663. The SMILES string of the molecule is C=CCC(F)(F)c1cc(C)n(C)n1. The summed E-state index contributed by atoms with van der Waals surface area (Å²) < 4.78 is 27.8. The van der Waals surface area contributed by atoms with E-state index in [1.54, 1.807) is 14.0 Å². The summed E-state index contributed by atoms with van der Waals surface area (Å²) in [7, 11) is 1.64. The molecule has 0 radical (unpaired) electrons. The molecule has 0 unspecified atom stereocenters. The molecule has 0 bridgehead atoms. The normalized spacial score (nSPS) is 11.7. The van der Waals surface area contributed by atoms with Gasteiger partial charge in [0.15, 0.2) is 0 Å². The Bertz CT molecular complexity index is 296. The molecule has 1 aromatic rings. The molecule has 72 valence electrons. The molecule has 1 heterocycles. The monoisotopic (exact) mass is 186 g/mol. The van der Waals surface area contributed by atoms with Gasteiger partial charge in [0.05, 0.1) is 0 Å². The van der Waals surface area contributed by atoms with Crippen LogP contribution >= 0.6 is 0 Å². The number of halogens is 2. The first-order valence-electron chi connectivity index (χ1n) is 3.97. The van der Waals surface area contributed by atoms with Gasteiger partial charge in [0.2, 0.25) is 0 Å². The van der Waals surface area contributed by atoms with Gasteiger partial charge in [0.1, 0.15) is 5.69 Å². The predicted octanol–water partition coefficient (Wildman–Crippen LogP) is 2.40. The van der Waals surface area contributed by atoms with E-state index in [9.17, 15) is 8.78 Å². The molecule has 0 fully saturated rings. The van der Waals surface area contributed by atoms with Crippen molar-refractivity contribution in [2.45, 2.75) is 19.3 Å². The van der Waals surface area contributed by atoms with Gasteiger partial charge in [-0.3, -0.25) is 4.68 Å². The van der Waals surface area contributed by atoms with Crippen molar-refractivity contribution < 1.29 is 8.78 Å². The molecule has 0 aliphatic carbocycles. The lowest BCUT2D eigenvalue weighted by Gasteiger charge is -2.09. The molecule has 0 spiro atoms. The molecule has 13 heavy (non-hydrogen) atoms. The van der Waals surface area contributed by atoms with Crippen LogP contribution in [0.2, 0.25) is 0 Å². The molecule has 0 saturated heterocycles. The average Bonchev–Trinajstić information content (AvgIpc) is 2.33.